The molecule has 0 bridgehead atoms. The van der Waals surface area contributed by atoms with E-state index >= 15 is 0 Å². The zero-order chi connectivity index (χ0) is 12.7. The lowest BCUT2D eigenvalue weighted by Crippen LogP contribution is -2.19. The van der Waals surface area contributed by atoms with E-state index in [4.69, 9.17) is 11.1 Å². The summed E-state index contributed by atoms with van der Waals surface area (Å²) in [6.45, 7) is 3.28. The van der Waals surface area contributed by atoms with Crippen LogP contribution in [0.5, 0.6) is 0 Å². The zero-order valence-corrected chi connectivity index (χ0v) is 10.9. The van der Waals surface area contributed by atoms with Crippen LogP contribution >= 0.6 is 0 Å². The van der Waals surface area contributed by atoms with E-state index in [9.17, 15) is 0 Å². The zero-order valence-electron chi connectivity index (χ0n) is 10.9. The first-order valence-electron chi connectivity index (χ1n) is 6.30. The minimum absolute atomic E-state index is 0.131. The van der Waals surface area contributed by atoms with Gasteiger partial charge in [-0.15, -0.1) is 0 Å². The molecular weight excluding hydrogens is 210 g/mol. The largest absolute Gasteiger partial charge is 0.384 e. The van der Waals surface area contributed by atoms with Crippen LogP contribution < -0.4 is 10.6 Å². The Labute approximate surface area is 104 Å². The smallest absolute Gasteiger partial charge is 0.122 e. The Balaban J connectivity index is 2.53. The molecule has 0 fully saturated rings. The highest BCUT2D eigenvalue weighted by Gasteiger charge is 2.03. The van der Waals surface area contributed by atoms with Crippen molar-refractivity contribution in [3.8, 4) is 0 Å². The van der Waals surface area contributed by atoms with Crippen molar-refractivity contribution in [3.63, 3.8) is 0 Å². The van der Waals surface area contributed by atoms with Crippen LogP contribution in [0.25, 0.3) is 0 Å². The average Bonchev–Trinajstić information content (AvgIpc) is 2.34. The van der Waals surface area contributed by atoms with Crippen molar-refractivity contribution in [3.05, 3.63) is 29.8 Å². The van der Waals surface area contributed by atoms with Gasteiger partial charge in [0.2, 0.25) is 0 Å². The number of amidine groups is 1. The van der Waals surface area contributed by atoms with Crippen molar-refractivity contribution < 1.29 is 0 Å². The van der Waals surface area contributed by atoms with Crippen LogP contribution in [-0.2, 0) is 0 Å². The molecule has 0 radical (unpaired) electrons. The number of nitrogens with zero attached hydrogens (tertiary/aromatic N) is 1. The highest BCUT2D eigenvalue weighted by Crippen LogP contribution is 2.15. The Morgan fingerprint density at radius 2 is 2.06 bits per heavy atom. The maximum atomic E-state index is 7.43. The van der Waals surface area contributed by atoms with Crippen LogP contribution in [0.3, 0.4) is 0 Å². The number of anilines is 1. The standard InChI is InChI=1S/C14H23N3/c1-3-4-5-6-10-17(2)13-9-7-8-12(11-13)14(15)16/h7-9,11H,3-6,10H2,1-2H3,(H3,15,16). The van der Waals surface area contributed by atoms with Crippen LogP contribution in [0.4, 0.5) is 5.69 Å². The molecule has 3 N–H and O–H groups in total. The molecule has 3 nitrogen and oxygen atoms in total. The molecule has 0 unspecified atom stereocenters. The molecule has 0 heterocycles. The van der Waals surface area contributed by atoms with E-state index in [1.165, 1.54) is 25.7 Å². The fourth-order valence-corrected chi connectivity index (χ4v) is 1.82. The second-order valence-corrected chi connectivity index (χ2v) is 4.45. The lowest BCUT2D eigenvalue weighted by molar-refractivity contribution is 0.661. The number of unbranched alkanes of at least 4 members (excludes halogenated alkanes) is 3. The molecule has 0 atom stereocenters. The quantitative estimate of drug-likeness (QED) is 0.432. The Kier molecular flexibility index (Phi) is 5.53. The molecule has 0 saturated heterocycles. The number of hydrogen-bond donors (Lipinski definition) is 2. The van der Waals surface area contributed by atoms with Crippen LogP contribution in [-0.4, -0.2) is 19.4 Å². The van der Waals surface area contributed by atoms with E-state index in [2.05, 4.69) is 24.9 Å². The lowest BCUT2D eigenvalue weighted by atomic mass is 10.1. The lowest BCUT2D eigenvalue weighted by Gasteiger charge is -2.19. The minimum Gasteiger partial charge on any atom is -0.384 e. The van der Waals surface area contributed by atoms with Crippen LogP contribution in [0.1, 0.15) is 38.2 Å². The molecule has 0 aromatic heterocycles. The van der Waals surface area contributed by atoms with Gasteiger partial charge in [0.25, 0.3) is 0 Å². The van der Waals surface area contributed by atoms with Crippen molar-refractivity contribution in [2.75, 3.05) is 18.5 Å². The van der Waals surface area contributed by atoms with Gasteiger partial charge < -0.3 is 10.6 Å². The van der Waals surface area contributed by atoms with Crippen LogP contribution in [0, 0.1) is 5.41 Å². The topological polar surface area (TPSA) is 53.1 Å². The molecule has 0 amide bonds. The number of nitrogens with one attached hydrogen (secondary N) is 1. The van der Waals surface area contributed by atoms with Gasteiger partial charge >= 0.3 is 0 Å². The van der Waals surface area contributed by atoms with Gasteiger partial charge in [0.1, 0.15) is 5.84 Å². The van der Waals surface area contributed by atoms with E-state index in [0.717, 1.165) is 17.8 Å². The number of nitrogens with two attached hydrogens (primary N) is 1. The van der Waals surface area contributed by atoms with Crippen LogP contribution in [0.2, 0.25) is 0 Å². The fraction of sp³-hybridized carbons (Fsp3) is 0.500. The summed E-state index contributed by atoms with van der Waals surface area (Å²) in [5.41, 5.74) is 7.42. The molecule has 94 valence electrons. The number of nitrogen functional groups attached to an aromatic ring is 1. The normalized spacial score (nSPS) is 10.2. The summed E-state index contributed by atoms with van der Waals surface area (Å²) in [5.74, 6) is 0.131. The molecule has 1 rings (SSSR count). The first-order chi connectivity index (χ1) is 8.15. The van der Waals surface area contributed by atoms with Gasteiger partial charge in [0, 0.05) is 24.8 Å². The molecule has 0 aliphatic rings. The third-order valence-corrected chi connectivity index (χ3v) is 2.95. The maximum Gasteiger partial charge on any atom is 0.122 e. The summed E-state index contributed by atoms with van der Waals surface area (Å²) in [7, 11) is 2.09. The van der Waals surface area contributed by atoms with Crippen LogP contribution in [0.15, 0.2) is 24.3 Å². The molecular formula is C14H23N3. The Hall–Kier alpha value is -1.51. The highest BCUT2D eigenvalue weighted by atomic mass is 15.1. The van der Waals surface area contributed by atoms with E-state index in [0.29, 0.717) is 0 Å². The first kappa shape index (κ1) is 13.6. The minimum atomic E-state index is 0.131. The van der Waals surface area contributed by atoms with Crippen molar-refractivity contribution >= 4 is 11.5 Å². The van der Waals surface area contributed by atoms with E-state index in [-0.39, 0.29) is 5.84 Å². The van der Waals surface area contributed by atoms with Crippen molar-refractivity contribution in [2.24, 2.45) is 5.73 Å². The van der Waals surface area contributed by atoms with Crippen molar-refractivity contribution in [2.45, 2.75) is 32.6 Å². The monoisotopic (exact) mass is 233 g/mol. The van der Waals surface area contributed by atoms with Crippen molar-refractivity contribution in [1.82, 2.24) is 0 Å². The molecule has 0 aliphatic carbocycles. The van der Waals surface area contributed by atoms with Gasteiger partial charge in [0.05, 0.1) is 0 Å². The Morgan fingerprint density at radius 3 is 2.71 bits per heavy atom. The second-order valence-electron chi connectivity index (χ2n) is 4.45. The summed E-state index contributed by atoms with van der Waals surface area (Å²) in [6, 6.07) is 7.86. The average molecular weight is 233 g/mol. The van der Waals surface area contributed by atoms with E-state index in [1.54, 1.807) is 0 Å². The Morgan fingerprint density at radius 1 is 1.29 bits per heavy atom. The van der Waals surface area contributed by atoms with Crippen molar-refractivity contribution in [1.29, 1.82) is 5.41 Å². The number of benzene rings is 1. The van der Waals surface area contributed by atoms with E-state index < -0.39 is 0 Å². The summed E-state index contributed by atoms with van der Waals surface area (Å²) in [4.78, 5) is 2.22. The molecule has 1 aromatic rings. The summed E-state index contributed by atoms with van der Waals surface area (Å²) in [6.07, 6.45) is 5.08. The van der Waals surface area contributed by atoms with E-state index in [1.807, 2.05) is 18.2 Å². The fourth-order valence-electron chi connectivity index (χ4n) is 1.82. The number of hydrogen-bond acceptors (Lipinski definition) is 2. The predicted molar refractivity (Wildman–Crippen MR) is 74.9 cm³/mol. The van der Waals surface area contributed by atoms with Gasteiger partial charge in [-0.2, -0.15) is 0 Å². The van der Waals surface area contributed by atoms with Gasteiger partial charge in [-0.25, -0.2) is 0 Å². The van der Waals surface area contributed by atoms with Gasteiger partial charge in [0.15, 0.2) is 0 Å². The molecule has 1 aromatic carbocycles. The molecule has 0 spiro atoms. The molecule has 0 saturated carbocycles. The number of rotatable bonds is 7. The summed E-state index contributed by atoms with van der Waals surface area (Å²) < 4.78 is 0. The summed E-state index contributed by atoms with van der Waals surface area (Å²) in [5, 5.41) is 7.43. The summed E-state index contributed by atoms with van der Waals surface area (Å²) >= 11 is 0. The highest BCUT2D eigenvalue weighted by molar-refractivity contribution is 5.95. The Bertz CT molecular complexity index is 360. The molecule has 0 aliphatic heterocycles. The predicted octanol–water partition coefficient (Wildman–Crippen LogP) is 2.99. The molecule has 3 heteroatoms. The third-order valence-electron chi connectivity index (χ3n) is 2.95. The van der Waals surface area contributed by atoms with Gasteiger partial charge in [-0.3, -0.25) is 5.41 Å². The van der Waals surface area contributed by atoms with Gasteiger partial charge in [-0.1, -0.05) is 38.3 Å². The molecule has 17 heavy (non-hydrogen) atoms. The first-order valence-corrected chi connectivity index (χ1v) is 6.30. The maximum absolute atomic E-state index is 7.43. The van der Waals surface area contributed by atoms with Gasteiger partial charge in [-0.05, 0) is 18.6 Å². The SMILES string of the molecule is CCCCCCN(C)c1cccc(C(=N)N)c1. The third kappa shape index (κ3) is 4.47. The second kappa shape index (κ2) is 6.94.